The number of hydrogen-bond acceptors (Lipinski definition) is 2. The number of rotatable bonds is 3. The maximum atomic E-state index is 10.5. The van der Waals surface area contributed by atoms with Gasteiger partial charge in [0, 0.05) is 12.0 Å². The van der Waals surface area contributed by atoms with Crippen LogP contribution in [0.4, 0.5) is 0 Å². The van der Waals surface area contributed by atoms with E-state index in [4.69, 9.17) is 0 Å². The molecule has 1 heterocycles. The van der Waals surface area contributed by atoms with E-state index in [1.165, 1.54) is 16.3 Å². The highest BCUT2D eigenvalue weighted by Crippen LogP contribution is 2.37. The van der Waals surface area contributed by atoms with Gasteiger partial charge in [-0.2, -0.15) is 0 Å². The first-order valence-corrected chi connectivity index (χ1v) is 8.65. The summed E-state index contributed by atoms with van der Waals surface area (Å²) in [6.45, 7) is 0. The van der Waals surface area contributed by atoms with Crippen LogP contribution in [0.5, 0.6) is 0 Å². The predicted molar refractivity (Wildman–Crippen MR) is 92.3 cm³/mol. The molecule has 0 radical (unpaired) electrons. The number of fused-ring (bicyclic) bond motifs is 1. The van der Waals surface area contributed by atoms with Crippen LogP contribution in [0, 0.1) is 0 Å². The molecule has 3 aromatic rings. The average Bonchev–Trinajstić information content (AvgIpc) is 2.78. The molecule has 1 nitrogen and oxygen atoms in total. The van der Waals surface area contributed by atoms with Gasteiger partial charge in [0.2, 0.25) is 0 Å². The Balaban J connectivity index is 1.95. The first-order chi connectivity index (χ1) is 9.65. The molecule has 20 heavy (non-hydrogen) atoms. The Hall–Kier alpha value is -0.680. The lowest BCUT2D eigenvalue weighted by Crippen LogP contribution is -2.01. The molecule has 0 saturated heterocycles. The van der Waals surface area contributed by atoms with E-state index in [1.54, 1.807) is 11.3 Å². The number of aliphatic hydroxyl groups excluding tert-OH is 1. The summed E-state index contributed by atoms with van der Waals surface area (Å²) in [6.07, 6.45) is 0.112. The fourth-order valence-electron chi connectivity index (χ4n) is 2.37. The zero-order valence-corrected chi connectivity index (χ0v) is 14.5. The maximum Gasteiger partial charge on any atom is 0.0850 e. The lowest BCUT2D eigenvalue weighted by atomic mass is 9.98. The van der Waals surface area contributed by atoms with Crippen LogP contribution in [0.2, 0.25) is 0 Å². The molecule has 102 valence electrons. The highest BCUT2D eigenvalue weighted by atomic mass is 79.9. The Morgan fingerprint density at radius 1 is 1.05 bits per heavy atom. The minimum Gasteiger partial charge on any atom is -0.388 e. The minimum absolute atomic E-state index is 0.502. The summed E-state index contributed by atoms with van der Waals surface area (Å²) >= 11 is 8.55. The Bertz CT molecular complexity index is 746. The van der Waals surface area contributed by atoms with Gasteiger partial charge in [-0.1, -0.05) is 42.5 Å². The summed E-state index contributed by atoms with van der Waals surface area (Å²) < 4.78 is 2.01. The molecular weight excluding hydrogens is 400 g/mol. The standard InChI is InChI=1S/C16H12Br2OS/c17-15-9-13(16(18)20-15)14(19)8-11-6-3-5-10-4-1-2-7-12(10)11/h1-7,9,14,19H,8H2. The van der Waals surface area contributed by atoms with E-state index in [1.807, 2.05) is 24.3 Å². The van der Waals surface area contributed by atoms with Gasteiger partial charge in [0.1, 0.15) is 0 Å². The van der Waals surface area contributed by atoms with Crippen LogP contribution in [-0.4, -0.2) is 5.11 Å². The highest BCUT2D eigenvalue weighted by molar-refractivity contribution is 9.12. The molecule has 1 unspecified atom stereocenters. The van der Waals surface area contributed by atoms with Crippen molar-refractivity contribution in [2.75, 3.05) is 0 Å². The number of benzene rings is 2. The van der Waals surface area contributed by atoms with Gasteiger partial charge in [-0.25, -0.2) is 0 Å². The smallest absolute Gasteiger partial charge is 0.0850 e. The second kappa shape index (κ2) is 5.98. The molecule has 2 aromatic carbocycles. The van der Waals surface area contributed by atoms with Crippen molar-refractivity contribution < 1.29 is 5.11 Å². The first-order valence-electron chi connectivity index (χ1n) is 6.24. The highest BCUT2D eigenvalue weighted by Gasteiger charge is 2.16. The summed E-state index contributed by atoms with van der Waals surface area (Å²) in [6, 6.07) is 16.5. The number of aliphatic hydroxyl groups is 1. The largest absolute Gasteiger partial charge is 0.388 e. The fourth-order valence-corrected chi connectivity index (χ4v) is 5.32. The topological polar surface area (TPSA) is 20.2 Å². The minimum atomic E-state index is -0.502. The zero-order valence-electron chi connectivity index (χ0n) is 10.5. The van der Waals surface area contributed by atoms with Crippen LogP contribution in [0.25, 0.3) is 10.8 Å². The fraction of sp³-hybridized carbons (Fsp3) is 0.125. The van der Waals surface area contributed by atoms with Crippen LogP contribution in [0.3, 0.4) is 0 Å². The Morgan fingerprint density at radius 2 is 1.80 bits per heavy atom. The summed E-state index contributed by atoms with van der Waals surface area (Å²) in [4.78, 5) is 0. The van der Waals surface area contributed by atoms with Crippen LogP contribution < -0.4 is 0 Å². The molecule has 3 rings (SSSR count). The summed E-state index contributed by atoms with van der Waals surface area (Å²) in [5.41, 5.74) is 2.11. The van der Waals surface area contributed by atoms with E-state index >= 15 is 0 Å². The number of halogens is 2. The lowest BCUT2D eigenvalue weighted by Gasteiger charge is -2.12. The van der Waals surface area contributed by atoms with Crippen molar-refractivity contribution in [3.05, 3.63) is 67.2 Å². The molecule has 1 atom stereocenters. The van der Waals surface area contributed by atoms with Crippen LogP contribution >= 0.6 is 43.2 Å². The molecule has 0 aliphatic rings. The zero-order chi connectivity index (χ0) is 14.1. The Morgan fingerprint density at radius 3 is 2.55 bits per heavy atom. The van der Waals surface area contributed by atoms with E-state index in [2.05, 4.69) is 56.1 Å². The van der Waals surface area contributed by atoms with E-state index < -0.39 is 6.10 Å². The second-order valence-corrected chi connectivity index (χ2v) is 8.39. The van der Waals surface area contributed by atoms with E-state index in [0.717, 1.165) is 13.1 Å². The van der Waals surface area contributed by atoms with Crippen molar-refractivity contribution >= 4 is 54.0 Å². The average molecular weight is 412 g/mol. The van der Waals surface area contributed by atoms with Gasteiger partial charge in [0.15, 0.2) is 0 Å². The third-order valence-electron chi connectivity index (χ3n) is 3.34. The second-order valence-electron chi connectivity index (χ2n) is 4.64. The molecule has 1 aromatic heterocycles. The van der Waals surface area contributed by atoms with Crippen molar-refractivity contribution in [3.63, 3.8) is 0 Å². The molecule has 0 bridgehead atoms. The Kier molecular flexibility index (Phi) is 4.26. The van der Waals surface area contributed by atoms with Crippen molar-refractivity contribution in [1.82, 2.24) is 0 Å². The third kappa shape index (κ3) is 2.84. The molecule has 0 aliphatic carbocycles. The number of thiophene rings is 1. The molecule has 0 spiro atoms. The van der Waals surface area contributed by atoms with Gasteiger partial charge >= 0.3 is 0 Å². The van der Waals surface area contributed by atoms with Gasteiger partial charge in [-0.15, -0.1) is 11.3 Å². The van der Waals surface area contributed by atoms with Crippen molar-refractivity contribution in [3.8, 4) is 0 Å². The molecule has 0 saturated carbocycles. The van der Waals surface area contributed by atoms with Gasteiger partial charge in [-0.05, 0) is 54.3 Å². The monoisotopic (exact) mass is 410 g/mol. The van der Waals surface area contributed by atoms with Crippen molar-refractivity contribution in [2.45, 2.75) is 12.5 Å². The first kappa shape index (κ1) is 14.3. The normalized spacial score (nSPS) is 12.8. The van der Waals surface area contributed by atoms with E-state index in [0.29, 0.717) is 6.42 Å². The van der Waals surface area contributed by atoms with Gasteiger partial charge in [0.25, 0.3) is 0 Å². The van der Waals surface area contributed by atoms with Crippen LogP contribution in [-0.2, 0) is 6.42 Å². The third-order valence-corrected chi connectivity index (χ3v) is 5.72. The van der Waals surface area contributed by atoms with Gasteiger partial charge in [-0.3, -0.25) is 0 Å². The molecule has 0 fully saturated rings. The Labute approximate surface area is 138 Å². The maximum absolute atomic E-state index is 10.5. The van der Waals surface area contributed by atoms with Crippen molar-refractivity contribution in [2.24, 2.45) is 0 Å². The summed E-state index contributed by atoms with van der Waals surface area (Å²) in [7, 11) is 0. The molecule has 1 N–H and O–H groups in total. The van der Waals surface area contributed by atoms with Crippen molar-refractivity contribution in [1.29, 1.82) is 0 Å². The van der Waals surface area contributed by atoms with Crippen LogP contribution in [0.15, 0.2) is 56.1 Å². The quantitative estimate of drug-likeness (QED) is 0.585. The summed E-state index contributed by atoms with van der Waals surface area (Å²) in [5, 5.41) is 12.9. The van der Waals surface area contributed by atoms with E-state index in [-0.39, 0.29) is 0 Å². The molecule has 4 heteroatoms. The van der Waals surface area contributed by atoms with Gasteiger partial charge in [0.05, 0.1) is 13.7 Å². The van der Waals surface area contributed by atoms with E-state index in [9.17, 15) is 5.11 Å². The summed E-state index contributed by atoms with van der Waals surface area (Å²) in [5.74, 6) is 0. The molecular formula is C16H12Br2OS. The predicted octanol–water partition coefficient (Wildman–Crippen LogP) is 5.70. The SMILES string of the molecule is OC(Cc1cccc2ccccc12)c1cc(Br)sc1Br. The van der Waals surface area contributed by atoms with Crippen LogP contribution in [0.1, 0.15) is 17.2 Å². The molecule has 0 aliphatic heterocycles. The lowest BCUT2D eigenvalue weighted by molar-refractivity contribution is 0.178. The van der Waals surface area contributed by atoms with Gasteiger partial charge < -0.3 is 5.11 Å². The number of hydrogen-bond donors (Lipinski definition) is 1. The molecule has 0 amide bonds.